The van der Waals surface area contributed by atoms with Crippen LogP contribution in [0.5, 0.6) is 11.5 Å². The predicted octanol–water partition coefficient (Wildman–Crippen LogP) is 3.30. The van der Waals surface area contributed by atoms with Gasteiger partial charge < -0.3 is 14.4 Å². The summed E-state index contributed by atoms with van der Waals surface area (Å²) in [6, 6.07) is 20.3. The van der Waals surface area contributed by atoms with Crippen molar-refractivity contribution in [3.8, 4) is 11.5 Å². The van der Waals surface area contributed by atoms with Crippen LogP contribution in [0.3, 0.4) is 0 Å². The average molecular weight is 542 g/mol. The molecule has 0 spiro atoms. The summed E-state index contributed by atoms with van der Waals surface area (Å²) < 4.78 is 39.7. The highest BCUT2D eigenvalue weighted by Crippen LogP contribution is 2.33. The van der Waals surface area contributed by atoms with Crippen LogP contribution in [0.25, 0.3) is 0 Å². The third kappa shape index (κ3) is 6.24. The summed E-state index contributed by atoms with van der Waals surface area (Å²) in [5.74, 6) is 1.27. The lowest BCUT2D eigenvalue weighted by Gasteiger charge is -2.36. The number of piperazine rings is 1. The predicted molar refractivity (Wildman–Crippen MR) is 140 cm³/mol. The molecule has 1 saturated heterocycles. The highest BCUT2D eigenvalue weighted by molar-refractivity contribution is 7.89. The van der Waals surface area contributed by atoms with Crippen LogP contribution in [-0.4, -0.2) is 63.1 Å². The molecule has 2 aliphatic heterocycles. The van der Waals surface area contributed by atoms with Crippen molar-refractivity contribution in [1.29, 1.82) is 0 Å². The van der Waals surface area contributed by atoms with Crippen LogP contribution in [0, 0.1) is 0 Å². The summed E-state index contributed by atoms with van der Waals surface area (Å²) in [5.41, 5.74) is 1.99. The number of amides is 1. The Hall–Kier alpha value is -3.11. The molecule has 0 bridgehead atoms. The fraction of sp³-hybridized carbons (Fsp3) is 0.296. The van der Waals surface area contributed by atoms with Crippen LogP contribution in [0.4, 0.5) is 0 Å². The maximum Gasteiger partial charge on any atom is 0.241 e. The zero-order valence-electron chi connectivity index (χ0n) is 20.2. The van der Waals surface area contributed by atoms with E-state index in [1.807, 2.05) is 48.5 Å². The number of nitrogens with zero attached hydrogens (tertiary/aromatic N) is 2. The number of rotatable bonds is 8. The monoisotopic (exact) mass is 541 g/mol. The third-order valence-electron chi connectivity index (χ3n) is 6.53. The van der Waals surface area contributed by atoms with Gasteiger partial charge >= 0.3 is 0 Å². The molecular weight excluding hydrogens is 514 g/mol. The smallest absolute Gasteiger partial charge is 0.241 e. The molecule has 0 aliphatic carbocycles. The molecule has 0 radical (unpaired) electrons. The number of halogens is 1. The minimum absolute atomic E-state index is 0.0660. The van der Waals surface area contributed by atoms with Gasteiger partial charge in [-0.3, -0.25) is 9.69 Å². The van der Waals surface area contributed by atoms with Crippen LogP contribution in [0.2, 0.25) is 5.02 Å². The first-order valence-corrected chi connectivity index (χ1v) is 13.9. The van der Waals surface area contributed by atoms with Crippen LogP contribution in [0.15, 0.2) is 77.7 Å². The molecule has 0 saturated carbocycles. The second kappa shape index (κ2) is 11.1. The van der Waals surface area contributed by atoms with E-state index >= 15 is 0 Å². The van der Waals surface area contributed by atoms with E-state index in [1.165, 1.54) is 24.3 Å². The molecule has 8 nitrogen and oxygen atoms in total. The van der Waals surface area contributed by atoms with Gasteiger partial charge in [-0.2, -0.15) is 4.72 Å². The van der Waals surface area contributed by atoms with Crippen LogP contribution in [-0.2, 0) is 27.8 Å². The Morgan fingerprint density at radius 1 is 0.892 bits per heavy atom. The molecular formula is C27H28ClN3O5S. The molecule has 2 aliphatic rings. The zero-order chi connectivity index (χ0) is 25.8. The fourth-order valence-corrected chi connectivity index (χ4v) is 5.86. The summed E-state index contributed by atoms with van der Waals surface area (Å²) in [7, 11) is -3.93. The first-order chi connectivity index (χ1) is 17.9. The molecule has 5 rings (SSSR count). The van der Waals surface area contributed by atoms with Crippen molar-refractivity contribution in [2.45, 2.75) is 23.9 Å². The van der Waals surface area contributed by atoms with Crippen molar-refractivity contribution in [3.05, 3.63) is 88.9 Å². The number of ether oxygens (including phenoxy) is 2. The quantitative estimate of drug-likeness (QED) is 0.471. The molecule has 3 aromatic carbocycles. The van der Waals surface area contributed by atoms with Crippen molar-refractivity contribution in [2.75, 3.05) is 33.0 Å². The first-order valence-electron chi connectivity index (χ1n) is 12.1. The van der Waals surface area contributed by atoms with Crippen molar-refractivity contribution in [2.24, 2.45) is 0 Å². The SMILES string of the molecule is O=C([C@H](Cc1ccccc1)NS(=O)(=O)c1ccc(Cl)cc1)N1CCN(Cc2ccc3c(c2)OCO3)CC1. The van der Waals surface area contributed by atoms with Gasteiger partial charge in [-0.15, -0.1) is 0 Å². The average Bonchev–Trinajstić information content (AvgIpc) is 3.37. The number of sulfonamides is 1. The van der Waals surface area contributed by atoms with Crippen molar-refractivity contribution >= 4 is 27.5 Å². The standard InChI is InChI=1S/C27H28ClN3O5S/c28-22-7-9-23(10-8-22)37(33,34)29-24(16-20-4-2-1-3-5-20)27(32)31-14-12-30(13-15-31)18-21-6-11-25-26(17-21)36-19-35-25/h1-11,17,24,29H,12-16,18-19H2/t24-/m0/s1. The number of benzene rings is 3. The lowest BCUT2D eigenvalue weighted by atomic mass is 10.1. The number of fused-ring (bicyclic) bond motifs is 1. The third-order valence-corrected chi connectivity index (χ3v) is 8.27. The van der Waals surface area contributed by atoms with E-state index in [1.54, 1.807) is 4.90 Å². The number of carbonyl (C=O) groups is 1. The molecule has 1 fully saturated rings. The van der Waals surface area contributed by atoms with Gasteiger partial charge in [0.25, 0.3) is 0 Å². The summed E-state index contributed by atoms with van der Waals surface area (Å²) in [5, 5.41) is 0.439. The Morgan fingerprint density at radius 3 is 2.32 bits per heavy atom. The number of hydrogen-bond donors (Lipinski definition) is 1. The first kappa shape index (κ1) is 25.5. The molecule has 0 unspecified atom stereocenters. The van der Waals surface area contributed by atoms with E-state index in [9.17, 15) is 13.2 Å². The summed E-state index contributed by atoms with van der Waals surface area (Å²) in [6.45, 7) is 3.36. The lowest BCUT2D eigenvalue weighted by molar-refractivity contribution is -0.134. The number of carbonyl (C=O) groups excluding carboxylic acids is 1. The molecule has 194 valence electrons. The van der Waals surface area contributed by atoms with E-state index in [2.05, 4.69) is 9.62 Å². The van der Waals surface area contributed by atoms with Crippen molar-refractivity contribution in [1.82, 2.24) is 14.5 Å². The number of nitrogens with one attached hydrogen (secondary N) is 1. The number of hydrogen-bond acceptors (Lipinski definition) is 6. The summed E-state index contributed by atoms with van der Waals surface area (Å²) >= 11 is 5.92. The van der Waals surface area contributed by atoms with Gasteiger partial charge in [0.2, 0.25) is 22.7 Å². The van der Waals surface area contributed by atoms with E-state index in [0.717, 1.165) is 29.2 Å². The molecule has 10 heteroatoms. The minimum Gasteiger partial charge on any atom is -0.454 e. The molecule has 0 aromatic heterocycles. The lowest BCUT2D eigenvalue weighted by Crippen LogP contribution is -2.55. The zero-order valence-corrected chi connectivity index (χ0v) is 21.7. The topological polar surface area (TPSA) is 88.2 Å². The molecule has 2 heterocycles. The van der Waals surface area contributed by atoms with Gasteiger partial charge in [-0.05, 0) is 53.9 Å². The Labute approximate surface area is 221 Å². The largest absolute Gasteiger partial charge is 0.454 e. The van der Waals surface area contributed by atoms with E-state index in [4.69, 9.17) is 21.1 Å². The van der Waals surface area contributed by atoms with Gasteiger partial charge in [0.1, 0.15) is 6.04 Å². The molecule has 1 atom stereocenters. The fourth-order valence-electron chi connectivity index (χ4n) is 4.54. The van der Waals surface area contributed by atoms with Crippen LogP contribution < -0.4 is 14.2 Å². The normalized spacial score (nSPS) is 16.5. The second-order valence-corrected chi connectivity index (χ2v) is 11.3. The van der Waals surface area contributed by atoms with Crippen LogP contribution in [0.1, 0.15) is 11.1 Å². The highest BCUT2D eigenvalue weighted by Gasteiger charge is 2.31. The summed E-state index contributed by atoms with van der Waals surface area (Å²) in [4.78, 5) is 17.7. The van der Waals surface area contributed by atoms with Crippen molar-refractivity contribution < 1.29 is 22.7 Å². The molecule has 1 N–H and O–H groups in total. The second-order valence-electron chi connectivity index (χ2n) is 9.11. The van der Waals surface area contributed by atoms with E-state index < -0.39 is 16.1 Å². The van der Waals surface area contributed by atoms with Crippen molar-refractivity contribution in [3.63, 3.8) is 0 Å². The molecule has 37 heavy (non-hydrogen) atoms. The Bertz CT molecular complexity index is 1340. The van der Waals surface area contributed by atoms with E-state index in [-0.39, 0.29) is 24.0 Å². The van der Waals surface area contributed by atoms with Gasteiger partial charge in [0.05, 0.1) is 4.90 Å². The Kier molecular flexibility index (Phi) is 7.66. The molecule has 3 aromatic rings. The molecule has 1 amide bonds. The summed E-state index contributed by atoms with van der Waals surface area (Å²) in [6.07, 6.45) is 0.254. The Balaban J connectivity index is 1.26. The van der Waals surface area contributed by atoms with E-state index in [0.29, 0.717) is 31.2 Å². The Morgan fingerprint density at radius 2 is 1.59 bits per heavy atom. The maximum absolute atomic E-state index is 13.6. The minimum atomic E-state index is -3.93. The van der Waals surface area contributed by atoms with Gasteiger partial charge in [0, 0.05) is 37.7 Å². The van der Waals surface area contributed by atoms with Crippen LogP contribution >= 0.6 is 11.6 Å². The van der Waals surface area contributed by atoms with Gasteiger partial charge in [-0.25, -0.2) is 8.42 Å². The highest BCUT2D eigenvalue weighted by atomic mass is 35.5. The van der Waals surface area contributed by atoms with Gasteiger partial charge in [-0.1, -0.05) is 48.0 Å². The maximum atomic E-state index is 13.6. The van der Waals surface area contributed by atoms with Gasteiger partial charge in [0.15, 0.2) is 11.5 Å².